The first-order chi connectivity index (χ1) is 22.1. The molecule has 0 saturated carbocycles. The van der Waals surface area contributed by atoms with Crippen LogP contribution in [0.4, 0.5) is 40.9 Å². The number of nitrogen functional groups attached to an aromatic ring is 1. The fourth-order valence-electron chi connectivity index (χ4n) is 3.81. The minimum Gasteiger partial charge on any atom is -0.744 e. The third-order valence-electron chi connectivity index (χ3n) is 5.67. The van der Waals surface area contributed by atoms with Gasteiger partial charge in [0.15, 0.2) is 0 Å². The van der Waals surface area contributed by atoms with Gasteiger partial charge in [-0.2, -0.15) is 34.2 Å². The van der Waals surface area contributed by atoms with Gasteiger partial charge in [0.25, 0.3) is 0 Å². The van der Waals surface area contributed by atoms with E-state index in [1.165, 1.54) is 24.3 Å². The van der Waals surface area contributed by atoms with Crippen LogP contribution >= 0.6 is 35.2 Å². The molecule has 5 aromatic rings. The van der Waals surface area contributed by atoms with Crippen LogP contribution in [-0.2, 0) is 19.5 Å². The average molecular weight is 748 g/mol. The van der Waals surface area contributed by atoms with Crippen molar-refractivity contribution in [1.29, 1.82) is 0 Å². The van der Waals surface area contributed by atoms with Gasteiger partial charge in [-0.15, -0.1) is 0 Å². The predicted octanol–water partition coefficient (Wildman–Crippen LogP) is -1.51. The fourth-order valence-corrected chi connectivity index (χ4v) is 5.34. The van der Waals surface area contributed by atoms with Gasteiger partial charge in [-0.1, -0.05) is 42.5 Å². The molecule has 3 aromatic carbocycles. The summed E-state index contributed by atoms with van der Waals surface area (Å²) in [5.41, 5.74) is 7.44. The summed E-state index contributed by atoms with van der Waals surface area (Å²) in [6.07, 6.45) is 2.90. The second-order valence-corrected chi connectivity index (χ2v) is 11.6. The molecule has 0 unspecified atom stereocenters. The summed E-state index contributed by atoms with van der Waals surface area (Å²) >= 11 is 12.5. The Kier molecular flexibility index (Phi) is 15.2. The maximum absolute atomic E-state index is 12.1. The van der Waals surface area contributed by atoms with Crippen LogP contribution in [0.25, 0.3) is 12.2 Å². The van der Waals surface area contributed by atoms with Crippen molar-refractivity contribution in [3.05, 3.63) is 88.4 Å². The monoisotopic (exact) mass is 746 g/mol. The van der Waals surface area contributed by atoms with Crippen LogP contribution in [-0.4, -0.2) is 42.9 Å². The number of anilines is 7. The van der Waals surface area contributed by atoms with E-state index in [0.717, 1.165) is 11.8 Å². The smallest absolute Gasteiger partial charge is 0.744 e. The summed E-state index contributed by atoms with van der Waals surface area (Å²) in [7, 11) is -4.94. The maximum Gasteiger partial charge on any atom is 1.00 e. The normalized spacial score (nSPS) is 11.0. The Morgan fingerprint density at radius 3 is 1.88 bits per heavy atom. The standard InChI is InChI=1S/C26H20Cl2N10O6S2.2Na/c27-21-33-23(29)37-24(34-21)32-18-11-9-15(20(13-18)46(40,41)42)7-6-14-8-10-17(12-19(14)45-44-43-39)31-26-36-22(28)35-25(38-26)30-16-4-2-1-3-5-16;;/h1-13,39H,(H,40,41,42)(H3,29,32,33,34,37)(H2,30,31,35,36,38);;/q;2*+1/p-2/b7-6+;;. The van der Waals surface area contributed by atoms with Crippen molar-refractivity contribution < 1.29 is 86.7 Å². The number of hydrogen-bond acceptors (Lipinski definition) is 17. The number of nitrogens with one attached hydrogen (secondary N) is 3. The maximum atomic E-state index is 12.1. The number of para-hydroxylation sites is 1. The van der Waals surface area contributed by atoms with Crippen LogP contribution in [0.1, 0.15) is 11.1 Å². The molecule has 0 aliphatic carbocycles. The molecule has 48 heavy (non-hydrogen) atoms. The van der Waals surface area contributed by atoms with E-state index in [4.69, 9.17) is 28.9 Å². The predicted molar refractivity (Wildman–Crippen MR) is 168 cm³/mol. The third kappa shape index (κ3) is 11.5. The van der Waals surface area contributed by atoms with E-state index in [9.17, 15) is 18.2 Å². The molecule has 2 aromatic heterocycles. The first kappa shape index (κ1) is 39.8. The van der Waals surface area contributed by atoms with E-state index in [1.54, 1.807) is 18.2 Å². The fraction of sp³-hybridized carbons (Fsp3) is 0. The molecule has 0 fully saturated rings. The zero-order valence-corrected chi connectivity index (χ0v) is 31.9. The Morgan fingerprint density at radius 1 is 0.729 bits per heavy atom. The van der Waals surface area contributed by atoms with Gasteiger partial charge in [0, 0.05) is 22.0 Å². The van der Waals surface area contributed by atoms with Crippen LogP contribution in [0.15, 0.2) is 76.5 Å². The molecule has 0 aliphatic heterocycles. The van der Waals surface area contributed by atoms with E-state index in [0.29, 0.717) is 28.2 Å². The number of nitrogens with zero attached hydrogens (tertiary/aromatic N) is 6. The Balaban J connectivity index is 0.00000312. The molecule has 0 saturated heterocycles. The number of halogens is 2. The minimum atomic E-state index is -4.94. The van der Waals surface area contributed by atoms with E-state index >= 15 is 0 Å². The van der Waals surface area contributed by atoms with E-state index in [1.807, 2.05) is 30.3 Å². The van der Waals surface area contributed by atoms with Crippen LogP contribution < -0.4 is 86.1 Å². The van der Waals surface area contributed by atoms with Crippen molar-refractivity contribution in [2.75, 3.05) is 21.7 Å². The Hall–Kier alpha value is -2.66. The minimum absolute atomic E-state index is 0. The average Bonchev–Trinajstić information content (AvgIpc) is 2.99. The van der Waals surface area contributed by atoms with Crippen molar-refractivity contribution in [3.63, 3.8) is 0 Å². The molecule has 0 aliphatic rings. The molecule has 16 nitrogen and oxygen atoms in total. The molecule has 22 heteroatoms. The van der Waals surface area contributed by atoms with Gasteiger partial charge < -0.3 is 31.5 Å². The SMILES string of the molecule is Nc1nc(Cl)nc(Nc2ccc(/C=C/c3ccc(Nc4nc(Cl)nc(Nc5ccccc5)n4)cc3SOO[O-])c(S(=O)(=O)[O-])c2)n1.[Na+].[Na+]. The number of hydrogen-bond donors (Lipinski definition) is 4. The number of aromatic nitrogens is 6. The quantitative estimate of drug-likeness (QED) is 0.0283. The summed E-state index contributed by atoms with van der Waals surface area (Å²) in [5.74, 6) is 0.0771. The third-order valence-corrected chi connectivity index (χ3v) is 7.55. The first-order valence-electron chi connectivity index (χ1n) is 12.6. The Bertz CT molecular complexity index is 2000. The van der Waals surface area contributed by atoms with Gasteiger partial charge in [0.2, 0.25) is 34.4 Å². The molecule has 0 spiro atoms. The van der Waals surface area contributed by atoms with Gasteiger partial charge in [0.05, 0.1) is 16.9 Å². The summed E-state index contributed by atoms with van der Waals surface area (Å²) < 4.78 is 41.0. The van der Waals surface area contributed by atoms with Crippen molar-refractivity contribution in [1.82, 2.24) is 29.9 Å². The summed E-state index contributed by atoms with van der Waals surface area (Å²) in [5, 5.41) is 22.6. The number of nitrogens with two attached hydrogens (primary N) is 1. The number of benzene rings is 3. The van der Waals surface area contributed by atoms with Gasteiger partial charge in [-0.05, 0) is 70.7 Å². The molecular weight excluding hydrogens is 729 g/mol. The Labute approximate surface area is 331 Å². The largest absolute Gasteiger partial charge is 1.00 e. The first-order valence-corrected chi connectivity index (χ1v) is 15.5. The molecule has 0 atom stereocenters. The van der Waals surface area contributed by atoms with E-state index in [2.05, 4.69) is 55.2 Å². The molecule has 2 heterocycles. The Morgan fingerprint density at radius 2 is 1.27 bits per heavy atom. The second-order valence-electron chi connectivity index (χ2n) is 8.79. The van der Waals surface area contributed by atoms with Crippen LogP contribution in [0, 0.1) is 0 Å². The van der Waals surface area contributed by atoms with Gasteiger partial charge in [-0.3, -0.25) is 5.04 Å². The summed E-state index contributed by atoms with van der Waals surface area (Å²) in [6, 6.07) is 18.0. The van der Waals surface area contributed by atoms with Crippen LogP contribution in [0.2, 0.25) is 10.6 Å². The van der Waals surface area contributed by atoms with E-state index < -0.39 is 15.0 Å². The molecular formula is C26H18Cl2N10Na2O6S2. The summed E-state index contributed by atoms with van der Waals surface area (Å²) in [4.78, 5) is 23.6. The molecule has 0 radical (unpaired) electrons. The van der Waals surface area contributed by atoms with Gasteiger partial charge >= 0.3 is 59.1 Å². The molecule has 0 bridgehead atoms. The summed E-state index contributed by atoms with van der Waals surface area (Å²) in [6.45, 7) is 0. The molecule has 5 rings (SSSR count). The van der Waals surface area contributed by atoms with Gasteiger partial charge in [-0.25, -0.2) is 8.42 Å². The topological polar surface area (TPSA) is 238 Å². The van der Waals surface area contributed by atoms with Crippen molar-refractivity contribution >= 4 is 98.4 Å². The second kappa shape index (κ2) is 18.4. The van der Waals surface area contributed by atoms with Crippen molar-refractivity contribution in [2.45, 2.75) is 9.79 Å². The van der Waals surface area contributed by atoms with E-state index in [-0.39, 0.29) is 105 Å². The van der Waals surface area contributed by atoms with Crippen LogP contribution in [0.5, 0.6) is 0 Å². The van der Waals surface area contributed by atoms with Gasteiger partial charge in [0.1, 0.15) is 10.1 Å². The molecule has 0 amide bonds. The zero-order valence-electron chi connectivity index (χ0n) is 24.8. The van der Waals surface area contributed by atoms with Crippen LogP contribution in [0.3, 0.4) is 0 Å². The molecule has 236 valence electrons. The number of rotatable bonds is 12. The van der Waals surface area contributed by atoms with Crippen molar-refractivity contribution in [2.24, 2.45) is 0 Å². The zero-order chi connectivity index (χ0) is 32.7. The van der Waals surface area contributed by atoms with Crippen molar-refractivity contribution in [3.8, 4) is 0 Å². The molecule has 5 N–H and O–H groups in total.